The zero-order valence-electron chi connectivity index (χ0n) is 11.3. The van der Waals surface area contributed by atoms with Gasteiger partial charge in [-0.15, -0.1) is 0 Å². The fourth-order valence-corrected chi connectivity index (χ4v) is 1.65. The molecule has 0 saturated heterocycles. The van der Waals surface area contributed by atoms with Crippen LogP contribution in [0, 0.1) is 5.92 Å². The minimum atomic E-state index is 0.198. The summed E-state index contributed by atoms with van der Waals surface area (Å²) in [5.41, 5.74) is 6.75. The van der Waals surface area contributed by atoms with E-state index in [0.29, 0.717) is 18.9 Å². The highest BCUT2D eigenvalue weighted by Crippen LogP contribution is 2.06. The van der Waals surface area contributed by atoms with Gasteiger partial charge in [0.2, 0.25) is 5.91 Å². The Balaban J connectivity index is 2.27. The molecule has 0 bridgehead atoms. The Hall–Kier alpha value is -1.42. The number of pyridine rings is 1. The Morgan fingerprint density at radius 3 is 2.72 bits per heavy atom. The summed E-state index contributed by atoms with van der Waals surface area (Å²) in [5, 5.41) is 0. The minimum absolute atomic E-state index is 0.198. The van der Waals surface area contributed by atoms with E-state index < -0.39 is 0 Å². The maximum Gasteiger partial charge on any atom is 0.222 e. The van der Waals surface area contributed by atoms with E-state index in [1.54, 1.807) is 17.3 Å². The molecule has 18 heavy (non-hydrogen) atoms. The third kappa shape index (κ3) is 5.27. The Morgan fingerprint density at radius 2 is 2.11 bits per heavy atom. The average Bonchev–Trinajstić information content (AvgIpc) is 2.42. The van der Waals surface area contributed by atoms with Crippen LogP contribution in [0.15, 0.2) is 24.5 Å². The Morgan fingerprint density at radius 1 is 1.44 bits per heavy atom. The number of nitrogens with two attached hydrogens (primary N) is 1. The lowest BCUT2D eigenvalue weighted by atomic mass is 10.1. The van der Waals surface area contributed by atoms with Crippen LogP contribution in [0.2, 0.25) is 0 Å². The van der Waals surface area contributed by atoms with Crippen molar-refractivity contribution in [3.05, 3.63) is 30.1 Å². The van der Waals surface area contributed by atoms with Crippen molar-refractivity contribution in [3.63, 3.8) is 0 Å². The van der Waals surface area contributed by atoms with Gasteiger partial charge in [-0.2, -0.15) is 0 Å². The van der Waals surface area contributed by atoms with E-state index in [1.807, 2.05) is 19.2 Å². The molecule has 100 valence electrons. The predicted molar refractivity (Wildman–Crippen MR) is 73.0 cm³/mol. The van der Waals surface area contributed by atoms with E-state index in [2.05, 4.69) is 11.9 Å². The van der Waals surface area contributed by atoms with Crippen LogP contribution in [-0.2, 0) is 11.2 Å². The lowest BCUT2D eigenvalue weighted by Crippen LogP contribution is -2.29. The maximum atomic E-state index is 11.9. The number of likely N-dealkylation sites (N-methyl/N-ethyl adjacent to an activating group) is 1. The first-order valence-electron chi connectivity index (χ1n) is 6.46. The molecule has 0 aromatic carbocycles. The molecule has 0 spiro atoms. The van der Waals surface area contributed by atoms with Gasteiger partial charge in [0, 0.05) is 32.4 Å². The van der Waals surface area contributed by atoms with Crippen LogP contribution < -0.4 is 5.73 Å². The van der Waals surface area contributed by atoms with Crippen LogP contribution in [0.25, 0.3) is 0 Å². The Bertz CT molecular complexity index is 353. The standard InChI is InChI=1S/C14H23N3O/c1-12(11-15)3-4-14(18)17(2)10-7-13-5-8-16-9-6-13/h5-6,8-9,12H,3-4,7,10-11,15H2,1-2H3. The van der Waals surface area contributed by atoms with E-state index in [4.69, 9.17) is 5.73 Å². The largest absolute Gasteiger partial charge is 0.345 e. The number of hydrogen-bond acceptors (Lipinski definition) is 3. The number of nitrogens with zero attached hydrogens (tertiary/aromatic N) is 2. The van der Waals surface area contributed by atoms with Crippen molar-refractivity contribution in [2.75, 3.05) is 20.1 Å². The highest BCUT2D eigenvalue weighted by molar-refractivity contribution is 5.75. The SMILES string of the molecule is CC(CN)CCC(=O)N(C)CCc1ccncc1. The van der Waals surface area contributed by atoms with Gasteiger partial charge < -0.3 is 10.6 Å². The second-order valence-corrected chi connectivity index (χ2v) is 4.80. The molecule has 4 nitrogen and oxygen atoms in total. The van der Waals surface area contributed by atoms with Crippen LogP contribution >= 0.6 is 0 Å². The van der Waals surface area contributed by atoms with Crippen LogP contribution in [0.1, 0.15) is 25.3 Å². The topological polar surface area (TPSA) is 59.2 Å². The van der Waals surface area contributed by atoms with Crippen molar-refractivity contribution in [1.29, 1.82) is 0 Å². The van der Waals surface area contributed by atoms with Gasteiger partial charge in [0.1, 0.15) is 0 Å². The third-order valence-corrected chi connectivity index (χ3v) is 3.16. The summed E-state index contributed by atoms with van der Waals surface area (Å²) < 4.78 is 0. The van der Waals surface area contributed by atoms with E-state index in [9.17, 15) is 4.79 Å². The normalized spacial score (nSPS) is 12.2. The monoisotopic (exact) mass is 249 g/mol. The highest BCUT2D eigenvalue weighted by atomic mass is 16.2. The van der Waals surface area contributed by atoms with Crippen molar-refractivity contribution in [2.24, 2.45) is 11.7 Å². The van der Waals surface area contributed by atoms with E-state index >= 15 is 0 Å². The van der Waals surface area contributed by atoms with Gasteiger partial charge in [-0.25, -0.2) is 0 Å². The summed E-state index contributed by atoms with van der Waals surface area (Å²) in [5.74, 6) is 0.618. The quantitative estimate of drug-likeness (QED) is 0.796. The van der Waals surface area contributed by atoms with Crippen molar-refractivity contribution in [3.8, 4) is 0 Å². The molecule has 0 aliphatic heterocycles. The van der Waals surface area contributed by atoms with Crippen LogP contribution in [0.4, 0.5) is 0 Å². The number of aromatic nitrogens is 1. The van der Waals surface area contributed by atoms with Crippen molar-refractivity contribution in [1.82, 2.24) is 9.88 Å². The smallest absolute Gasteiger partial charge is 0.222 e. The van der Waals surface area contributed by atoms with Crippen LogP contribution in [0.3, 0.4) is 0 Å². The van der Waals surface area contributed by atoms with Gasteiger partial charge in [0.05, 0.1) is 0 Å². The summed E-state index contributed by atoms with van der Waals surface area (Å²) in [6.07, 6.45) is 5.89. The van der Waals surface area contributed by atoms with Crippen LogP contribution in [0.5, 0.6) is 0 Å². The summed E-state index contributed by atoms with van der Waals surface area (Å²) >= 11 is 0. The minimum Gasteiger partial charge on any atom is -0.345 e. The fourth-order valence-electron chi connectivity index (χ4n) is 1.65. The summed E-state index contributed by atoms with van der Waals surface area (Å²) in [6.45, 7) is 3.47. The number of carbonyl (C=O) groups is 1. The second-order valence-electron chi connectivity index (χ2n) is 4.80. The van der Waals surface area contributed by atoms with E-state index in [-0.39, 0.29) is 5.91 Å². The van der Waals surface area contributed by atoms with Gasteiger partial charge in [-0.05, 0) is 43.0 Å². The molecule has 1 amide bonds. The summed E-state index contributed by atoms with van der Waals surface area (Å²) in [6, 6.07) is 3.96. The molecule has 0 radical (unpaired) electrons. The zero-order valence-corrected chi connectivity index (χ0v) is 11.3. The van der Waals surface area contributed by atoms with Crippen LogP contribution in [-0.4, -0.2) is 35.9 Å². The molecule has 4 heteroatoms. The average molecular weight is 249 g/mol. The molecule has 1 aromatic heterocycles. The van der Waals surface area contributed by atoms with Gasteiger partial charge in [0.25, 0.3) is 0 Å². The summed E-state index contributed by atoms with van der Waals surface area (Å²) in [4.78, 5) is 17.6. The number of rotatable bonds is 7. The second kappa shape index (κ2) is 7.82. The molecule has 2 N–H and O–H groups in total. The van der Waals surface area contributed by atoms with Gasteiger partial charge in [-0.3, -0.25) is 9.78 Å². The molecular weight excluding hydrogens is 226 g/mol. The van der Waals surface area contributed by atoms with Crippen molar-refractivity contribution in [2.45, 2.75) is 26.2 Å². The highest BCUT2D eigenvalue weighted by Gasteiger charge is 2.10. The molecule has 1 heterocycles. The van der Waals surface area contributed by atoms with Gasteiger partial charge >= 0.3 is 0 Å². The number of carbonyl (C=O) groups excluding carboxylic acids is 1. The van der Waals surface area contributed by atoms with Crippen molar-refractivity contribution < 1.29 is 4.79 Å². The van der Waals surface area contributed by atoms with Crippen molar-refractivity contribution >= 4 is 5.91 Å². The molecule has 0 saturated carbocycles. The van der Waals surface area contributed by atoms with E-state index in [0.717, 1.165) is 19.4 Å². The molecule has 1 unspecified atom stereocenters. The number of amides is 1. The Kier molecular flexibility index (Phi) is 6.36. The molecule has 1 atom stereocenters. The first-order chi connectivity index (χ1) is 8.63. The molecule has 0 fully saturated rings. The lowest BCUT2D eigenvalue weighted by Gasteiger charge is -2.18. The maximum absolute atomic E-state index is 11.9. The Labute approximate surface area is 109 Å². The van der Waals surface area contributed by atoms with Gasteiger partial charge in [0.15, 0.2) is 0 Å². The molecule has 1 aromatic rings. The van der Waals surface area contributed by atoms with Gasteiger partial charge in [-0.1, -0.05) is 6.92 Å². The first kappa shape index (κ1) is 14.6. The molecule has 1 rings (SSSR count). The molecular formula is C14H23N3O. The predicted octanol–water partition coefficient (Wildman–Crippen LogP) is 1.46. The lowest BCUT2D eigenvalue weighted by molar-refractivity contribution is -0.130. The third-order valence-electron chi connectivity index (χ3n) is 3.16. The fraction of sp³-hybridized carbons (Fsp3) is 0.571. The first-order valence-corrected chi connectivity index (χ1v) is 6.46. The summed E-state index contributed by atoms with van der Waals surface area (Å²) in [7, 11) is 1.86. The number of hydrogen-bond donors (Lipinski definition) is 1. The zero-order chi connectivity index (χ0) is 13.4. The van der Waals surface area contributed by atoms with E-state index in [1.165, 1.54) is 5.56 Å². The molecule has 0 aliphatic carbocycles. The molecule has 0 aliphatic rings.